The molecule has 0 spiro atoms. The van der Waals surface area contributed by atoms with Gasteiger partial charge in [-0.2, -0.15) is 0 Å². The summed E-state index contributed by atoms with van der Waals surface area (Å²) in [5.74, 6) is -0.830. The highest BCUT2D eigenvalue weighted by atomic mass is 35.5. The molecular formula is C29H33ClNO8S-. The van der Waals surface area contributed by atoms with E-state index in [2.05, 4.69) is 0 Å². The highest BCUT2D eigenvalue weighted by molar-refractivity contribution is 7.85. The Morgan fingerprint density at radius 3 is 2.50 bits per heavy atom. The first-order chi connectivity index (χ1) is 19.1. The van der Waals surface area contributed by atoms with Gasteiger partial charge in [-0.15, -0.1) is 0 Å². The molecule has 1 fully saturated rings. The quantitative estimate of drug-likeness (QED) is 0.200. The van der Waals surface area contributed by atoms with Crippen LogP contribution in [0.2, 0.25) is 5.02 Å². The van der Waals surface area contributed by atoms with Gasteiger partial charge in [0.1, 0.15) is 12.4 Å². The number of unbranched alkanes of at least 4 members (excludes halogenated alkanes) is 1. The molecule has 2 heterocycles. The summed E-state index contributed by atoms with van der Waals surface area (Å²) in [6.07, 6.45) is 2.60. The fourth-order valence-corrected chi connectivity index (χ4v) is 5.63. The van der Waals surface area contributed by atoms with Crippen molar-refractivity contribution < 1.29 is 36.8 Å². The Labute approximate surface area is 239 Å². The van der Waals surface area contributed by atoms with Crippen LogP contribution in [0.5, 0.6) is 5.75 Å². The third kappa shape index (κ3) is 8.30. The van der Waals surface area contributed by atoms with Gasteiger partial charge in [0.2, 0.25) is 5.91 Å². The zero-order valence-electron chi connectivity index (χ0n) is 22.3. The molecule has 0 N–H and O–H groups in total. The van der Waals surface area contributed by atoms with Crippen molar-refractivity contribution >= 4 is 33.6 Å². The number of halogens is 1. The van der Waals surface area contributed by atoms with Crippen LogP contribution >= 0.6 is 11.6 Å². The number of carbonyl (C=O) groups is 2. The van der Waals surface area contributed by atoms with Crippen LogP contribution in [-0.4, -0.2) is 61.4 Å². The summed E-state index contributed by atoms with van der Waals surface area (Å²) in [6.45, 7) is 3.18. The average Bonchev–Trinajstić information content (AvgIpc) is 3.43. The minimum absolute atomic E-state index is 0.0320. The first-order valence-electron chi connectivity index (χ1n) is 13.3. The van der Waals surface area contributed by atoms with Crippen molar-refractivity contribution in [2.75, 3.05) is 25.5 Å². The van der Waals surface area contributed by atoms with Crippen molar-refractivity contribution in [1.29, 1.82) is 0 Å². The molecule has 40 heavy (non-hydrogen) atoms. The highest BCUT2D eigenvalue weighted by Crippen LogP contribution is 2.38. The molecule has 11 heteroatoms. The van der Waals surface area contributed by atoms with Crippen LogP contribution in [0, 0.1) is 0 Å². The van der Waals surface area contributed by atoms with E-state index in [1.807, 2.05) is 12.1 Å². The van der Waals surface area contributed by atoms with Crippen molar-refractivity contribution in [2.24, 2.45) is 0 Å². The first-order valence-corrected chi connectivity index (χ1v) is 15.3. The lowest BCUT2D eigenvalue weighted by Gasteiger charge is -2.35. The number of hydrogen-bond donors (Lipinski definition) is 0. The Balaban J connectivity index is 1.42. The predicted octanol–water partition coefficient (Wildman–Crippen LogP) is 4.56. The number of ether oxygens (including phenoxy) is 3. The van der Waals surface area contributed by atoms with Crippen LogP contribution in [0.15, 0.2) is 59.8 Å². The molecule has 2 atom stereocenters. The van der Waals surface area contributed by atoms with Crippen LogP contribution in [0.3, 0.4) is 0 Å². The van der Waals surface area contributed by atoms with E-state index in [1.165, 1.54) is 0 Å². The summed E-state index contributed by atoms with van der Waals surface area (Å²) in [4.78, 5) is 28.3. The van der Waals surface area contributed by atoms with Gasteiger partial charge >= 0.3 is 5.97 Å². The number of carbonyl (C=O) groups excluding carboxylic acids is 2. The molecule has 2 aromatic carbocycles. The summed E-state index contributed by atoms with van der Waals surface area (Å²) < 4.78 is 49.1. The van der Waals surface area contributed by atoms with E-state index < -0.39 is 27.8 Å². The predicted molar refractivity (Wildman–Crippen MR) is 148 cm³/mol. The Morgan fingerprint density at radius 1 is 1.12 bits per heavy atom. The lowest BCUT2D eigenvalue weighted by molar-refractivity contribution is -0.141. The van der Waals surface area contributed by atoms with Gasteiger partial charge in [0.15, 0.2) is 0 Å². The van der Waals surface area contributed by atoms with Gasteiger partial charge in [0.05, 0.1) is 34.9 Å². The van der Waals surface area contributed by atoms with E-state index in [0.717, 1.165) is 24.0 Å². The molecule has 0 aliphatic carbocycles. The summed E-state index contributed by atoms with van der Waals surface area (Å²) in [7, 11) is -4.21. The zero-order valence-corrected chi connectivity index (χ0v) is 23.9. The monoisotopic (exact) mass is 590 g/mol. The molecule has 1 amide bonds. The number of benzene rings is 2. The Hall–Kier alpha value is -2.92. The molecule has 4 rings (SSSR count). The van der Waals surface area contributed by atoms with Crippen molar-refractivity contribution in [3.8, 4) is 5.75 Å². The van der Waals surface area contributed by atoms with E-state index >= 15 is 0 Å². The normalized spacial score (nSPS) is 19.7. The van der Waals surface area contributed by atoms with Crippen molar-refractivity contribution in [3.63, 3.8) is 0 Å². The van der Waals surface area contributed by atoms with E-state index in [4.69, 9.17) is 25.8 Å². The van der Waals surface area contributed by atoms with Crippen LogP contribution in [0.1, 0.15) is 56.1 Å². The van der Waals surface area contributed by atoms with Gasteiger partial charge in [-0.1, -0.05) is 35.9 Å². The van der Waals surface area contributed by atoms with E-state index in [1.54, 1.807) is 48.2 Å². The minimum Gasteiger partial charge on any atom is -0.748 e. The molecule has 9 nitrogen and oxygen atoms in total. The second-order valence-electron chi connectivity index (χ2n) is 9.98. The zero-order chi connectivity index (χ0) is 28.7. The molecule has 0 aromatic heterocycles. The van der Waals surface area contributed by atoms with Crippen LogP contribution in [0.25, 0.3) is 0 Å². The van der Waals surface area contributed by atoms with Gasteiger partial charge in [0, 0.05) is 35.4 Å². The molecule has 1 saturated heterocycles. The average molecular weight is 591 g/mol. The largest absolute Gasteiger partial charge is 0.748 e. The lowest BCUT2D eigenvalue weighted by atomic mass is 9.83. The Bertz CT molecular complexity index is 1320. The van der Waals surface area contributed by atoms with E-state index in [-0.39, 0.29) is 38.1 Å². The maximum atomic E-state index is 13.5. The van der Waals surface area contributed by atoms with Crippen molar-refractivity contribution in [2.45, 2.75) is 57.7 Å². The summed E-state index contributed by atoms with van der Waals surface area (Å²) in [6, 6.07) is 14.2. The summed E-state index contributed by atoms with van der Waals surface area (Å²) >= 11 is 6.08. The first kappa shape index (κ1) is 30.0. The lowest BCUT2D eigenvalue weighted by Crippen LogP contribution is -2.42. The maximum Gasteiger partial charge on any atom is 0.336 e. The second kappa shape index (κ2) is 13.6. The van der Waals surface area contributed by atoms with E-state index in [0.29, 0.717) is 41.6 Å². The van der Waals surface area contributed by atoms with Gasteiger partial charge in [-0.3, -0.25) is 4.79 Å². The third-order valence-corrected chi connectivity index (χ3v) is 8.12. The van der Waals surface area contributed by atoms with Crippen LogP contribution in [-0.2, 0) is 35.8 Å². The Morgan fingerprint density at radius 2 is 1.85 bits per heavy atom. The fourth-order valence-electron chi connectivity index (χ4n) is 4.95. The third-order valence-electron chi connectivity index (χ3n) is 7.08. The fraction of sp³-hybridized carbons (Fsp3) is 0.448. The summed E-state index contributed by atoms with van der Waals surface area (Å²) in [5.41, 5.74) is 2.59. The van der Waals surface area contributed by atoms with Gasteiger partial charge in [-0.05, 0) is 68.0 Å². The summed E-state index contributed by atoms with van der Waals surface area (Å²) in [5, 5.41) is 0.568. The number of rotatable bonds is 12. The maximum absolute atomic E-state index is 13.5. The molecule has 2 aromatic rings. The SMILES string of the molecule is CC1=C(C(=O)OCc2ccc(OCCCCS(=O)(=O)[O-])cc2)C(c2ccc(Cl)cc2)CC(=O)N1C[C@H]1CCCO1. The molecule has 216 valence electrons. The van der Waals surface area contributed by atoms with E-state index in [9.17, 15) is 22.6 Å². The number of nitrogens with zero attached hydrogens (tertiary/aromatic N) is 1. The highest BCUT2D eigenvalue weighted by Gasteiger charge is 2.38. The Kier molecular flexibility index (Phi) is 10.2. The van der Waals surface area contributed by atoms with Gasteiger partial charge in [0.25, 0.3) is 0 Å². The molecular weight excluding hydrogens is 558 g/mol. The standard InChI is InChI=1S/C29H34ClNO8S/c1-20-28(29(33)39-19-21-6-12-24(13-7-21)37-14-2-3-16-40(34,35)36)26(22-8-10-23(30)11-9-22)17-27(32)31(20)18-25-5-4-15-38-25/h6-13,25-26H,2-5,14-19H2,1H3,(H,34,35,36)/p-1/t25-,26?/m1/s1. The minimum atomic E-state index is -4.21. The molecule has 2 aliphatic heterocycles. The smallest absolute Gasteiger partial charge is 0.336 e. The molecule has 0 radical (unpaired) electrons. The van der Waals surface area contributed by atoms with Gasteiger partial charge in [-0.25, -0.2) is 13.2 Å². The number of allylic oxidation sites excluding steroid dienone is 1. The molecule has 0 saturated carbocycles. The number of hydrogen-bond acceptors (Lipinski definition) is 8. The molecule has 1 unspecified atom stereocenters. The van der Waals surface area contributed by atoms with Gasteiger partial charge < -0.3 is 23.7 Å². The van der Waals surface area contributed by atoms with Crippen LogP contribution < -0.4 is 4.74 Å². The van der Waals surface area contributed by atoms with Crippen molar-refractivity contribution in [1.82, 2.24) is 4.90 Å². The molecule has 2 aliphatic rings. The second-order valence-corrected chi connectivity index (χ2v) is 11.9. The molecule has 0 bridgehead atoms. The van der Waals surface area contributed by atoms with Crippen LogP contribution in [0.4, 0.5) is 0 Å². The number of amides is 1. The topological polar surface area (TPSA) is 122 Å². The van der Waals surface area contributed by atoms with Crippen molar-refractivity contribution in [3.05, 3.63) is 76.0 Å². The number of esters is 1.